The number of nitrogens with one attached hydrogen (secondary N) is 1. The molecule has 0 aliphatic rings. The van der Waals surface area contributed by atoms with E-state index in [1.54, 1.807) is 24.3 Å². The van der Waals surface area contributed by atoms with Crippen molar-refractivity contribution in [1.82, 2.24) is 0 Å². The van der Waals surface area contributed by atoms with Crippen molar-refractivity contribution in [2.24, 2.45) is 0 Å². The number of hydrogen-bond donors (Lipinski definition) is 1. The molecule has 0 aromatic heterocycles. The normalized spacial score (nSPS) is 10.0. The fourth-order valence-electron chi connectivity index (χ4n) is 1.65. The number of nitrogens with zero attached hydrogens (tertiary/aromatic N) is 1. The monoisotopic (exact) mass is 278 g/mol. The number of halogens is 3. The lowest BCUT2D eigenvalue weighted by atomic mass is 10.1. The largest absolute Gasteiger partial charge is 0.377 e. The third-order valence-electron chi connectivity index (χ3n) is 2.53. The molecule has 0 unspecified atom stereocenters. The van der Waals surface area contributed by atoms with Crippen LogP contribution in [0.1, 0.15) is 11.1 Å². The van der Waals surface area contributed by atoms with E-state index in [1.165, 1.54) is 0 Å². The summed E-state index contributed by atoms with van der Waals surface area (Å²) in [5, 5.41) is 11.5. The Hall–Kier alpha value is -2.12. The zero-order valence-corrected chi connectivity index (χ0v) is 10.5. The van der Waals surface area contributed by atoms with Crippen LogP contribution in [0, 0.1) is 23.0 Å². The summed E-state index contributed by atoms with van der Waals surface area (Å²) in [6.07, 6.45) is 0. The fourth-order valence-corrected chi connectivity index (χ4v) is 1.91. The molecular formula is C14H9ClF2N2. The van der Waals surface area contributed by atoms with Crippen LogP contribution >= 0.6 is 11.6 Å². The maximum atomic E-state index is 13.5. The van der Waals surface area contributed by atoms with Gasteiger partial charge in [-0.15, -0.1) is 0 Å². The van der Waals surface area contributed by atoms with E-state index in [9.17, 15) is 8.78 Å². The molecule has 0 heterocycles. The number of nitriles is 1. The Bertz CT molecular complexity index is 627. The molecule has 0 fully saturated rings. The van der Waals surface area contributed by atoms with Gasteiger partial charge in [0.2, 0.25) is 0 Å². The number of benzene rings is 2. The van der Waals surface area contributed by atoms with Crippen molar-refractivity contribution in [2.45, 2.75) is 6.54 Å². The van der Waals surface area contributed by atoms with Gasteiger partial charge in [-0.3, -0.25) is 0 Å². The Labute approximate surface area is 114 Å². The highest BCUT2D eigenvalue weighted by molar-refractivity contribution is 6.33. The van der Waals surface area contributed by atoms with E-state index in [1.807, 2.05) is 6.07 Å². The Morgan fingerprint density at radius 2 is 2.00 bits per heavy atom. The van der Waals surface area contributed by atoms with Crippen LogP contribution in [0.25, 0.3) is 0 Å². The third kappa shape index (κ3) is 3.21. The van der Waals surface area contributed by atoms with Gasteiger partial charge in [-0.1, -0.05) is 23.7 Å². The van der Waals surface area contributed by atoms with E-state index >= 15 is 0 Å². The van der Waals surface area contributed by atoms with E-state index in [-0.39, 0.29) is 17.3 Å². The van der Waals surface area contributed by atoms with Crippen LogP contribution in [0.2, 0.25) is 5.02 Å². The first kappa shape index (κ1) is 13.3. The van der Waals surface area contributed by atoms with Gasteiger partial charge in [0, 0.05) is 12.6 Å². The Kier molecular flexibility index (Phi) is 3.98. The molecule has 1 N–H and O–H groups in total. The first-order chi connectivity index (χ1) is 9.10. The summed E-state index contributed by atoms with van der Waals surface area (Å²) < 4.78 is 26.4. The lowest BCUT2D eigenvalue weighted by molar-refractivity contribution is 0.585. The number of hydrogen-bond acceptors (Lipinski definition) is 2. The Morgan fingerprint density at radius 1 is 1.21 bits per heavy atom. The molecule has 0 aliphatic carbocycles. The molecule has 0 aliphatic heterocycles. The second-order valence-electron chi connectivity index (χ2n) is 3.91. The molecule has 0 radical (unpaired) electrons. The van der Waals surface area contributed by atoms with Crippen molar-refractivity contribution in [1.29, 1.82) is 5.26 Å². The van der Waals surface area contributed by atoms with Crippen LogP contribution < -0.4 is 5.32 Å². The van der Waals surface area contributed by atoms with E-state index in [0.29, 0.717) is 5.56 Å². The van der Waals surface area contributed by atoms with Gasteiger partial charge in [0.05, 0.1) is 22.3 Å². The van der Waals surface area contributed by atoms with Crippen LogP contribution in [-0.2, 0) is 6.54 Å². The molecule has 5 heteroatoms. The van der Waals surface area contributed by atoms with Gasteiger partial charge in [0.15, 0.2) is 5.82 Å². The number of anilines is 1. The van der Waals surface area contributed by atoms with Crippen molar-refractivity contribution in [3.05, 3.63) is 64.2 Å². The molecule has 2 nitrogen and oxygen atoms in total. The van der Waals surface area contributed by atoms with Gasteiger partial charge in [0.25, 0.3) is 0 Å². The van der Waals surface area contributed by atoms with E-state index in [0.717, 1.165) is 17.7 Å². The maximum Gasteiger partial charge on any atom is 0.150 e. The predicted octanol–water partition coefficient (Wildman–Crippen LogP) is 4.10. The lowest BCUT2D eigenvalue weighted by Gasteiger charge is -2.10. The minimum Gasteiger partial charge on any atom is -0.377 e. The molecule has 0 bridgehead atoms. The van der Waals surface area contributed by atoms with Gasteiger partial charge in [-0.25, -0.2) is 8.78 Å². The number of rotatable bonds is 3. The Morgan fingerprint density at radius 3 is 2.68 bits per heavy atom. The SMILES string of the molecule is N#Cc1cccc(CNc2c(F)cc(F)cc2Cl)c1. The van der Waals surface area contributed by atoms with Gasteiger partial charge in [-0.2, -0.15) is 5.26 Å². The zero-order valence-electron chi connectivity index (χ0n) is 9.75. The van der Waals surface area contributed by atoms with Crippen molar-refractivity contribution in [3.8, 4) is 6.07 Å². The van der Waals surface area contributed by atoms with E-state index in [2.05, 4.69) is 5.32 Å². The second-order valence-corrected chi connectivity index (χ2v) is 4.32. The first-order valence-corrected chi connectivity index (χ1v) is 5.85. The standard InChI is InChI=1S/C14H9ClF2N2/c15-12-5-11(16)6-13(17)14(12)19-8-10-3-1-2-9(4-10)7-18/h1-6,19H,8H2. The summed E-state index contributed by atoms with van der Waals surface area (Å²) in [5.74, 6) is -1.47. The van der Waals surface area contributed by atoms with Crippen LogP contribution in [0.3, 0.4) is 0 Å². The molecular weight excluding hydrogens is 270 g/mol. The summed E-state index contributed by atoms with van der Waals surface area (Å²) in [6, 6.07) is 10.7. The van der Waals surface area contributed by atoms with Crippen molar-refractivity contribution in [2.75, 3.05) is 5.32 Å². The average Bonchev–Trinajstić information content (AvgIpc) is 2.37. The van der Waals surface area contributed by atoms with E-state index < -0.39 is 11.6 Å². The molecule has 96 valence electrons. The van der Waals surface area contributed by atoms with Crippen LogP contribution in [0.15, 0.2) is 36.4 Å². The Balaban J connectivity index is 2.17. The second kappa shape index (κ2) is 5.68. The average molecular weight is 279 g/mol. The molecule has 2 aromatic rings. The summed E-state index contributed by atoms with van der Waals surface area (Å²) in [6.45, 7) is 0.289. The van der Waals surface area contributed by atoms with Crippen LogP contribution in [-0.4, -0.2) is 0 Å². The molecule has 2 aromatic carbocycles. The molecule has 0 spiro atoms. The van der Waals surface area contributed by atoms with Gasteiger partial charge >= 0.3 is 0 Å². The summed E-state index contributed by atoms with van der Waals surface area (Å²) >= 11 is 5.76. The van der Waals surface area contributed by atoms with E-state index in [4.69, 9.17) is 16.9 Å². The summed E-state index contributed by atoms with van der Waals surface area (Å²) in [4.78, 5) is 0. The summed E-state index contributed by atoms with van der Waals surface area (Å²) in [7, 11) is 0. The highest BCUT2D eigenvalue weighted by atomic mass is 35.5. The maximum absolute atomic E-state index is 13.5. The lowest BCUT2D eigenvalue weighted by Crippen LogP contribution is -2.03. The molecule has 0 amide bonds. The highest BCUT2D eigenvalue weighted by Crippen LogP contribution is 2.26. The third-order valence-corrected chi connectivity index (χ3v) is 2.83. The zero-order chi connectivity index (χ0) is 13.8. The highest BCUT2D eigenvalue weighted by Gasteiger charge is 2.09. The predicted molar refractivity (Wildman–Crippen MR) is 69.9 cm³/mol. The molecule has 0 saturated heterocycles. The van der Waals surface area contributed by atoms with Gasteiger partial charge in [0.1, 0.15) is 5.82 Å². The van der Waals surface area contributed by atoms with Gasteiger partial charge < -0.3 is 5.32 Å². The fraction of sp³-hybridized carbons (Fsp3) is 0.0714. The molecule has 2 rings (SSSR count). The quantitative estimate of drug-likeness (QED) is 0.917. The van der Waals surface area contributed by atoms with Crippen molar-refractivity contribution in [3.63, 3.8) is 0 Å². The minimum absolute atomic E-state index is 0.0195. The topological polar surface area (TPSA) is 35.8 Å². The van der Waals surface area contributed by atoms with Crippen LogP contribution in [0.5, 0.6) is 0 Å². The molecule has 19 heavy (non-hydrogen) atoms. The smallest absolute Gasteiger partial charge is 0.150 e. The van der Waals surface area contributed by atoms with Crippen molar-refractivity contribution < 1.29 is 8.78 Å². The first-order valence-electron chi connectivity index (χ1n) is 5.47. The minimum atomic E-state index is -0.749. The molecule has 0 saturated carbocycles. The van der Waals surface area contributed by atoms with Crippen LogP contribution in [0.4, 0.5) is 14.5 Å². The van der Waals surface area contributed by atoms with Gasteiger partial charge in [-0.05, 0) is 23.8 Å². The summed E-state index contributed by atoms with van der Waals surface area (Å²) in [5.41, 5.74) is 1.37. The van der Waals surface area contributed by atoms with Crippen molar-refractivity contribution >= 4 is 17.3 Å². The molecule has 0 atom stereocenters.